The molecule has 0 rings (SSSR count). The number of hydrogen-bond donors (Lipinski definition) is 1. The number of esters is 1. The van der Waals surface area contributed by atoms with Gasteiger partial charge in [0.2, 0.25) is 0 Å². The molecule has 0 aromatic heterocycles. The molecule has 0 aromatic rings. The molecule has 1 unspecified atom stereocenters. The Morgan fingerprint density at radius 2 is 2.14 bits per heavy atom. The van der Waals surface area contributed by atoms with Gasteiger partial charge in [-0.3, -0.25) is 4.79 Å². The van der Waals surface area contributed by atoms with Crippen LogP contribution in [-0.4, -0.2) is 56.1 Å². The fourth-order valence-corrected chi connectivity index (χ4v) is 0.877. The Morgan fingerprint density at radius 1 is 1.50 bits per heavy atom. The molecule has 0 aliphatic heterocycles. The Hall–Kier alpha value is -0.650. The fraction of sp³-hybridized carbons (Fsp3) is 0.889. The highest BCUT2D eigenvalue weighted by Crippen LogP contribution is 1.93. The second-order valence-electron chi connectivity index (χ2n) is 3.14. The van der Waals surface area contributed by atoms with Gasteiger partial charge in [0, 0.05) is 6.54 Å². The zero-order chi connectivity index (χ0) is 11.0. The van der Waals surface area contributed by atoms with Crippen molar-refractivity contribution in [3.8, 4) is 0 Å². The first kappa shape index (κ1) is 13.4. The fourth-order valence-electron chi connectivity index (χ4n) is 0.877. The van der Waals surface area contributed by atoms with E-state index < -0.39 is 6.29 Å². The lowest BCUT2D eigenvalue weighted by Gasteiger charge is -2.15. The maximum atomic E-state index is 10.9. The molecule has 0 fully saturated rings. The summed E-state index contributed by atoms with van der Waals surface area (Å²) in [4.78, 5) is 12.7. The number of carbonyl (C=O) groups excluding carboxylic acids is 1. The number of nitrogens with zero attached hydrogens (tertiary/aromatic N) is 1. The summed E-state index contributed by atoms with van der Waals surface area (Å²) >= 11 is 0. The van der Waals surface area contributed by atoms with Crippen molar-refractivity contribution in [1.29, 1.82) is 0 Å². The molecule has 1 N–H and O–H groups in total. The molecule has 0 amide bonds. The molecular weight excluding hydrogens is 186 g/mol. The Labute approximate surface area is 84.6 Å². The van der Waals surface area contributed by atoms with Crippen molar-refractivity contribution in [2.75, 3.05) is 33.9 Å². The third-order valence-corrected chi connectivity index (χ3v) is 1.44. The van der Waals surface area contributed by atoms with Gasteiger partial charge >= 0.3 is 5.97 Å². The summed E-state index contributed by atoms with van der Waals surface area (Å²) in [6.45, 7) is 2.73. The van der Waals surface area contributed by atoms with Gasteiger partial charge in [-0.15, -0.1) is 0 Å². The van der Waals surface area contributed by atoms with Gasteiger partial charge in [0.25, 0.3) is 0 Å². The van der Waals surface area contributed by atoms with Crippen molar-refractivity contribution < 1.29 is 19.4 Å². The van der Waals surface area contributed by atoms with Gasteiger partial charge < -0.3 is 19.5 Å². The van der Waals surface area contributed by atoms with Crippen molar-refractivity contribution in [2.45, 2.75) is 19.6 Å². The van der Waals surface area contributed by atoms with Crippen molar-refractivity contribution in [3.05, 3.63) is 0 Å². The predicted octanol–water partition coefficient (Wildman–Crippen LogP) is -0.164. The second-order valence-corrected chi connectivity index (χ2v) is 3.14. The molecule has 1 atom stereocenters. The lowest BCUT2D eigenvalue weighted by Crippen LogP contribution is -2.28. The summed E-state index contributed by atoms with van der Waals surface area (Å²) in [5.74, 6) is -0.301. The van der Waals surface area contributed by atoms with Crippen LogP contribution in [0.1, 0.15) is 13.3 Å². The van der Waals surface area contributed by atoms with Crippen molar-refractivity contribution in [1.82, 2.24) is 4.90 Å². The Balaban J connectivity index is 3.39. The summed E-state index contributed by atoms with van der Waals surface area (Å²) in [7, 11) is 3.66. The molecule has 0 bridgehead atoms. The number of hydrogen-bond acceptors (Lipinski definition) is 5. The summed E-state index contributed by atoms with van der Waals surface area (Å²) in [5, 5.41) is 9.25. The van der Waals surface area contributed by atoms with Crippen LogP contribution in [0.15, 0.2) is 0 Å². The molecule has 0 saturated carbocycles. The SMILES string of the molecule is CCOC(=O)CCOC(O)CN(C)C. The topological polar surface area (TPSA) is 59.0 Å². The van der Waals surface area contributed by atoms with E-state index in [0.29, 0.717) is 13.2 Å². The number of aliphatic hydroxyl groups is 1. The first-order chi connectivity index (χ1) is 6.56. The third-order valence-electron chi connectivity index (χ3n) is 1.44. The highest BCUT2D eigenvalue weighted by molar-refractivity contribution is 5.69. The molecule has 0 saturated heterocycles. The van der Waals surface area contributed by atoms with Gasteiger partial charge in [-0.1, -0.05) is 0 Å². The van der Waals surface area contributed by atoms with Crippen LogP contribution in [0, 0.1) is 0 Å². The first-order valence-electron chi connectivity index (χ1n) is 4.66. The van der Waals surface area contributed by atoms with E-state index in [1.54, 1.807) is 11.8 Å². The number of likely N-dealkylation sites (N-methyl/N-ethyl adjacent to an activating group) is 1. The molecule has 5 nitrogen and oxygen atoms in total. The van der Waals surface area contributed by atoms with Crippen LogP contribution >= 0.6 is 0 Å². The van der Waals surface area contributed by atoms with Gasteiger partial charge in [-0.2, -0.15) is 0 Å². The normalized spacial score (nSPS) is 12.9. The molecule has 0 aliphatic rings. The van der Waals surface area contributed by atoms with Crippen LogP contribution in [0.2, 0.25) is 0 Å². The first-order valence-corrected chi connectivity index (χ1v) is 4.66. The molecule has 0 radical (unpaired) electrons. The molecule has 0 spiro atoms. The van der Waals surface area contributed by atoms with E-state index in [0.717, 1.165) is 0 Å². The van der Waals surface area contributed by atoms with Crippen LogP contribution in [-0.2, 0) is 14.3 Å². The summed E-state index contributed by atoms with van der Waals surface area (Å²) in [5.41, 5.74) is 0. The monoisotopic (exact) mass is 205 g/mol. The molecule has 0 aliphatic carbocycles. The predicted molar refractivity (Wildman–Crippen MR) is 51.8 cm³/mol. The third kappa shape index (κ3) is 7.97. The molecule has 0 heterocycles. The van der Waals surface area contributed by atoms with Gasteiger partial charge in [0.15, 0.2) is 6.29 Å². The van der Waals surface area contributed by atoms with E-state index in [9.17, 15) is 9.90 Å². The quantitative estimate of drug-likeness (QED) is 0.462. The van der Waals surface area contributed by atoms with E-state index >= 15 is 0 Å². The second kappa shape index (κ2) is 7.73. The van der Waals surface area contributed by atoms with E-state index in [1.807, 2.05) is 14.1 Å². The molecule has 14 heavy (non-hydrogen) atoms. The van der Waals surface area contributed by atoms with Crippen LogP contribution in [0.25, 0.3) is 0 Å². The van der Waals surface area contributed by atoms with Gasteiger partial charge in [0.05, 0.1) is 19.6 Å². The largest absolute Gasteiger partial charge is 0.466 e. The Morgan fingerprint density at radius 3 is 2.64 bits per heavy atom. The maximum Gasteiger partial charge on any atom is 0.308 e. The van der Waals surface area contributed by atoms with Gasteiger partial charge in [-0.25, -0.2) is 0 Å². The average Bonchev–Trinajstić information content (AvgIpc) is 2.02. The Kier molecular flexibility index (Phi) is 7.37. The van der Waals surface area contributed by atoms with Crippen molar-refractivity contribution in [2.24, 2.45) is 0 Å². The van der Waals surface area contributed by atoms with E-state index in [4.69, 9.17) is 9.47 Å². The highest BCUT2D eigenvalue weighted by atomic mass is 16.6. The van der Waals surface area contributed by atoms with Crippen LogP contribution in [0.4, 0.5) is 0 Å². The minimum Gasteiger partial charge on any atom is -0.466 e. The lowest BCUT2D eigenvalue weighted by atomic mass is 10.4. The van der Waals surface area contributed by atoms with Gasteiger partial charge in [-0.05, 0) is 21.0 Å². The zero-order valence-electron chi connectivity index (χ0n) is 9.02. The summed E-state index contributed by atoms with van der Waals surface area (Å²) in [6.07, 6.45) is -0.669. The van der Waals surface area contributed by atoms with Crippen molar-refractivity contribution in [3.63, 3.8) is 0 Å². The zero-order valence-corrected chi connectivity index (χ0v) is 9.02. The van der Waals surface area contributed by atoms with Crippen LogP contribution < -0.4 is 0 Å². The smallest absolute Gasteiger partial charge is 0.308 e. The molecule has 0 aromatic carbocycles. The average molecular weight is 205 g/mol. The number of carbonyl (C=O) groups is 1. The maximum absolute atomic E-state index is 10.9. The standard InChI is InChI=1S/C9H19NO4/c1-4-13-8(11)5-6-14-9(12)7-10(2)3/h9,12H,4-7H2,1-3H3. The highest BCUT2D eigenvalue weighted by Gasteiger charge is 2.07. The minimum atomic E-state index is -0.848. The summed E-state index contributed by atoms with van der Waals surface area (Å²) in [6, 6.07) is 0. The lowest BCUT2D eigenvalue weighted by molar-refractivity contribution is -0.149. The molecule has 5 heteroatoms. The van der Waals surface area contributed by atoms with E-state index in [2.05, 4.69) is 0 Å². The van der Waals surface area contributed by atoms with E-state index in [1.165, 1.54) is 0 Å². The van der Waals surface area contributed by atoms with Crippen LogP contribution in [0.5, 0.6) is 0 Å². The molecular formula is C9H19NO4. The number of rotatable bonds is 7. The minimum absolute atomic E-state index is 0.179. The molecule has 84 valence electrons. The number of ether oxygens (including phenoxy) is 2. The number of aliphatic hydroxyl groups excluding tert-OH is 1. The van der Waals surface area contributed by atoms with Gasteiger partial charge in [0.1, 0.15) is 0 Å². The Bertz CT molecular complexity index is 161. The van der Waals surface area contributed by atoms with Crippen LogP contribution in [0.3, 0.4) is 0 Å². The summed E-state index contributed by atoms with van der Waals surface area (Å²) < 4.78 is 9.68. The van der Waals surface area contributed by atoms with Crippen molar-refractivity contribution >= 4 is 5.97 Å². The van der Waals surface area contributed by atoms with E-state index in [-0.39, 0.29) is 19.0 Å².